The normalized spacial score (nSPS) is 24.4. The fraction of sp³-hybridized carbons (Fsp3) is 0.250. The van der Waals surface area contributed by atoms with Crippen LogP contribution in [0.3, 0.4) is 0 Å². The Balaban J connectivity index is 1.72. The summed E-state index contributed by atoms with van der Waals surface area (Å²) in [5, 5.41) is 9.97. The van der Waals surface area contributed by atoms with E-state index in [1.807, 2.05) is 6.07 Å². The minimum absolute atomic E-state index is 0.0644. The molecule has 3 aliphatic heterocycles. The lowest BCUT2D eigenvalue weighted by atomic mass is 9.72. The Hall–Kier alpha value is -3.37. The number of ether oxygens (including phenoxy) is 2. The van der Waals surface area contributed by atoms with Gasteiger partial charge in [0.05, 0.1) is 18.6 Å². The van der Waals surface area contributed by atoms with Crippen LogP contribution in [0.4, 0.5) is 5.69 Å². The minimum atomic E-state index is -0.119. The van der Waals surface area contributed by atoms with Crippen LogP contribution in [0.15, 0.2) is 85.1 Å². The third-order valence-corrected chi connectivity index (χ3v) is 7.20. The highest BCUT2D eigenvalue weighted by Crippen LogP contribution is 2.55. The lowest BCUT2D eigenvalue weighted by Crippen LogP contribution is -2.46. The summed E-state index contributed by atoms with van der Waals surface area (Å²) >= 11 is 0. The summed E-state index contributed by atoms with van der Waals surface area (Å²) in [6, 6.07) is 25.3. The molecular formula is C28H26NO3+. The Kier molecular flexibility index (Phi) is 4.44. The van der Waals surface area contributed by atoms with Gasteiger partial charge in [0, 0.05) is 23.8 Å². The highest BCUT2D eigenvalue weighted by molar-refractivity contribution is 6.06. The van der Waals surface area contributed by atoms with Crippen LogP contribution in [-0.4, -0.2) is 35.2 Å². The molecule has 0 amide bonds. The SMILES string of the molecule is C=C(OC)C1C(CCO)c2ccccc2C2=[N+]1c1ccccc1C1Oc3ccccc3C21. The predicted octanol–water partition coefficient (Wildman–Crippen LogP) is 5.06. The fourth-order valence-corrected chi connectivity index (χ4v) is 5.92. The van der Waals surface area contributed by atoms with E-state index in [2.05, 4.69) is 77.9 Å². The standard InChI is InChI=1S/C28H26NO3/c1-17(31-2)26-20(15-16-30)18-9-3-4-10-19(18)27-25-22-12-6-8-14-24(22)32-28(25)21-11-5-7-13-23(21)29(26)27/h3-14,20,25-26,28,30H,1,15-16H2,2H3/q+1. The predicted molar refractivity (Wildman–Crippen MR) is 124 cm³/mol. The van der Waals surface area contributed by atoms with Crippen LogP contribution < -0.4 is 4.74 Å². The molecule has 3 aromatic carbocycles. The summed E-state index contributed by atoms with van der Waals surface area (Å²) in [4.78, 5) is 0. The van der Waals surface area contributed by atoms with Gasteiger partial charge in [0.1, 0.15) is 17.8 Å². The number of benzene rings is 3. The largest absolute Gasteiger partial charge is 0.495 e. The molecule has 0 aliphatic carbocycles. The van der Waals surface area contributed by atoms with Crippen molar-refractivity contribution in [3.8, 4) is 5.75 Å². The van der Waals surface area contributed by atoms with Gasteiger partial charge in [-0.15, -0.1) is 0 Å². The summed E-state index contributed by atoms with van der Waals surface area (Å²) in [5.74, 6) is 1.79. The van der Waals surface area contributed by atoms with Crippen molar-refractivity contribution in [1.29, 1.82) is 0 Å². The first-order valence-electron chi connectivity index (χ1n) is 11.2. The van der Waals surface area contributed by atoms with Gasteiger partial charge < -0.3 is 14.6 Å². The Labute approximate surface area is 188 Å². The van der Waals surface area contributed by atoms with E-state index in [4.69, 9.17) is 9.47 Å². The molecule has 0 bridgehead atoms. The molecule has 4 unspecified atom stereocenters. The van der Waals surface area contributed by atoms with Crippen molar-refractivity contribution in [2.45, 2.75) is 30.4 Å². The van der Waals surface area contributed by atoms with Crippen molar-refractivity contribution in [1.82, 2.24) is 0 Å². The van der Waals surface area contributed by atoms with Crippen molar-refractivity contribution >= 4 is 11.4 Å². The van der Waals surface area contributed by atoms with Crippen LogP contribution in [-0.2, 0) is 4.74 Å². The van der Waals surface area contributed by atoms with Crippen molar-refractivity contribution in [3.63, 3.8) is 0 Å². The van der Waals surface area contributed by atoms with E-state index in [1.54, 1.807) is 7.11 Å². The number of fused-ring (bicyclic) bond motifs is 9. The zero-order valence-electron chi connectivity index (χ0n) is 18.1. The number of aliphatic hydroxyl groups is 1. The minimum Gasteiger partial charge on any atom is -0.495 e. The van der Waals surface area contributed by atoms with E-state index in [1.165, 1.54) is 28.0 Å². The van der Waals surface area contributed by atoms with Crippen molar-refractivity contribution in [2.24, 2.45) is 0 Å². The van der Waals surface area contributed by atoms with E-state index >= 15 is 0 Å². The molecule has 0 radical (unpaired) electrons. The van der Waals surface area contributed by atoms with Gasteiger partial charge in [0.2, 0.25) is 17.4 Å². The van der Waals surface area contributed by atoms with Crippen molar-refractivity contribution < 1.29 is 19.2 Å². The molecule has 0 aromatic heterocycles. The highest BCUT2D eigenvalue weighted by atomic mass is 16.5. The second-order valence-electron chi connectivity index (χ2n) is 8.69. The van der Waals surface area contributed by atoms with Crippen LogP contribution in [0.1, 0.15) is 46.6 Å². The van der Waals surface area contributed by atoms with Crippen molar-refractivity contribution in [3.05, 3.63) is 107 Å². The maximum atomic E-state index is 9.97. The van der Waals surface area contributed by atoms with Crippen LogP contribution in [0.5, 0.6) is 5.75 Å². The monoisotopic (exact) mass is 424 g/mol. The van der Waals surface area contributed by atoms with Crippen LogP contribution >= 0.6 is 0 Å². The van der Waals surface area contributed by atoms with Gasteiger partial charge >= 0.3 is 0 Å². The lowest BCUT2D eigenvalue weighted by molar-refractivity contribution is -0.491. The van der Waals surface area contributed by atoms with Gasteiger partial charge in [-0.3, -0.25) is 0 Å². The summed E-state index contributed by atoms with van der Waals surface area (Å²) in [6.45, 7) is 4.41. The number of nitrogens with zero attached hydrogens (tertiary/aromatic N) is 1. The number of hydrogen-bond donors (Lipinski definition) is 1. The molecule has 4 heteroatoms. The molecule has 3 aliphatic rings. The first-order valence-corrected chi connectivity index (χ1v) is 11.2. The molecule has 0 fully saturated rings. The molecule has 1 N–H and O–H groups in total. The molecule has 0 saturated carbocycles. The first kappa shape index (κ1) is 19.3. The van der Waals surface area contributed by atoms with Gasteiger partial charge in [-0.25, -0.2) is 0 Å². The van der Waals surface area contributed by atoms with E-state index in [0.29, 0.717) is 12.2 Å². The second kappa shape index (κ2) is 7.35. The van der Waals surface area contributed by atoms with E-state index < -0.39 is 0 Å². The Morgan fingerprint density at radius 1 is 0.969 bits per heavy atom. The summed E-state index contributed by atoms with van der Waals surface area (Å²) in [6.07, 6.45) is 0.561. The summed E-state index contributed by atoms with van der Waals surface area (Å²) in [5.41, 5.74) is 7.19. The Bertz CT molecular complexity index is 1260. The van der Waals surface area contributed by atoms with Crippen molar-refractivity contribution in [2.75, 3.05) is 13.7 Å². The topological polar surface area (TPSA) is 41.7 Å². The van der Waals surface area contributed by atoms with Gasteiger partial charge in [-0.1, -0.05) is 55.1 Å². The average molecular weight is 425 g/mol. The molecule has 6 rings (SSSR count). The summed E-state index contributed by atoms with van der Waals surface area (Å²) in [7, 11) is 1.69. The van der Waals surface area contributed by atoms with Gasteiger partial charge in [0.15, 0.2) is 5.76 Å². The van der Waals surface area contributed by atoms with Crippen LogP contribution in [0.25, 0.3) is 0 Å². The molecule has 3 heterocycles. The summed E-state index contributed by atoms with van der Waals surface area (Å²) < 4.78 is 14.7. The number of para-hydroxylation sites is 2. The van der Waals surface area contributed by atoms with E-state index in [9.17, 15) is 5.11 Å². The zero-order chi connectivity index (χ0) is 21.8. The highest BCUT2D eigenvalue weighted by Gasteiger charge is 2.55. The first-order chi connectivity index (χ1) is 15.7. The zero-order valence-corrected chi connectivity index (χ0v) is 18.1. The number of methoxy groups -OCH3 is 1. The smallest absolute Gasteiger partial charge is 0.221 e. The molecule has 0 spiro atoms. The molecule has 0 saturated heterocycles. The van der Waals surface area contributed by atoms with Gasteiger partial charge in [0.25, 0.3) is 0 Å². The second-order valence-corrected chi connectivity index (χ2v) is 8.69. The average Bonchev–Trinajstić information content (AvgIpc) is 3.23. The van der Waals surface area contributed by atoms with E-state index in [0.717, 1.165) is 11.4 Å². The fourth-order valence-electron chi connectivity index (χ4n) is 5.92. The molecule has 3 aromatic rings. The molecular weight excluding hydrogens is 398 g/mol. The quantitative estimate of drug-likeness (QED) is 0.470. The molecule has 160 valence electrons. The lowest BCUT2D eigenvalue weighted by Gasteiger charge is -2.37. The third kappa shape index (κ3) is 2.56. The number of hydrogen-bond acceptors (Lipinski definition) is 3. The molecule has 4 nitrogen and oxygen atoms in total. The van der Waals surface area contributed by atoms with Gasteiger partial charge in [-0.05, 0) is 30.2 Å². The maximum Gasteiger partial charge on any atom is 0.221 e. The number of rotatable bonds is 4. The molecule has 4 atom stereocenters. The third-order valence-electron chi connectivity index (χ3n) is 7.20. The molecule has 32 heavy (non-hydrogen) atoms. The Morgan fingerprint density at radius 2 is 1.66 bits per heavy atom. The van der Waals surface area contributed by atoms with Gasteiger partial charge in [-0.2, -0.15) is 4.58 Å². The van der Waals surface area contributed by atoms with Crippen LogP contribution in [0.2, 0.25) is 0 Å². The maximum absolute atomic E-state index is 9.97. The van der Waals surface area contributed by atoms with Crippen LogP contribution in [0, 0.1) is 0 Å². The number of aliphatic hydroxyl groups excluding tert-OH is 1. The van der Waals surface area contributed by atoms with E-state index in [-0.39, 0.29) is 30.6 Å². The Morgan fingerprint density at radius 3 is 2.44 bits per heavy atom.